The SMILES string of the molecule is OC(=C1CCCC1)C(F)(F)F. The Labute approximate surface area is 62.5 Å². The van der Waals surface area contributed by atoms with Crippen molar-refractivity contribution in [1.82, 2.24) is 0 Å². The molecule has 0 bridgehead atoms. The fraction of sp³-hybridized carbons (Fsp3) is 0.714. The van der Waals surface area contributed by atoms with Gasteiger partial charge in [0.1, 0.15) is 0 Å². The van der Waals surface area contributed by atoms with Crippen molar-refractivity contribution < 1.29 is 18.3 Å². The highest BCUT2D eigenvalue weighted by Gasteiger charge is 2.36. The van der Waals surface area contributed by atoms with Crippen molar-refractivity contribution in [3.05, 3.63) is 11.3 Å². The van der Waals surface area contributed by atoms with Gasteiger partial charge in [-0.05, 0) is 31.3 Å². The first-order chi connectivity index (χ1) is 5.02. The number of allylic oxidation sites excluding steroid dienone is 2. The second-order valence-electron chi connectivity index (χ2n) is 2.66. The summed E-state index contributed by atoms with van der Waals surface area (Å²) in [4.78, 5) is 0. The van der Waals surface area contributed by atoms with Crippen LogP contribution in [-0.2, 0) is 0 Å². The molecular weight excluding hydrogens is 157 g/mol. The van der Waals surface area contributed by atoms with E-state index in [9.17, 15) is 13.2 Å². The van der Waals surface area contributed by atoms with Gasteiger partial charge in [0, 0.05) is 0 Å². The summed E-state index contributed by atoms with van der Waals surface area (Å²) in [6, 6.07) is 0. The first-order valence-electron chi connectivity index (χ1n) is 3.50. The Hall–Kier alpha value is -0.670. The fourth-order valence-corrected chi connectivity index (χ4v) is 1.24. The quantitative estimate of drug-likeness (QED) is 0.548. The summed E-state index contributed by atoms with van der Waals surface area (Å²) in [5.74, 6) is -1.37. The molecule has 1 aliphatic rings. The largest absolute Gasteiger partial charge is 0.504 e. The highest BCUT2D eigenvalue weighted by Crippen LogP contribution is 2.33. The predicted octanol–water partition coefficient (Wildman–Crippen LogP) is 2.93. The molecule has 0 unspecified atom stereocenters. The average molecular weight is 166 g/mol. The van der Waals surface area contributed by atoms with Crippen LogP contribution in [0.2, 0.25) is 0 Å². The van der Waals surface area contributed by atoms with E-state index < -0.39 is 11.9 Å². The average Bonchev–Trinajstić information content (AvgIpc) is 2.34. The van der Waals surface area contributed by atoms with Crippen LogP contribution in [0.4, 0.5) is 13.2 Å². The maximum Gasteiger partial charge on any atom is 0.448 e. The highest BCUT2D eigenvalue weighted by atomic mass is 19.4. The molecule has 0 amide bonds. The van der Waals surface area contributed by atoms with E-state index in [-0.39, 0.29) is 5.57 Å². The van der Waals surface area contributed by atoms with Crippen molar-refractivity contribution in [3.8, 4) is 0 Å². The van der Waals surface area contributed by atoms with Gasteiger partial charge in [-0.2, -0.15) is 13.2 Å². The minimum atomic E-state index is -4.54. The van der Waals surface area contributed by atoms with Gasteiger partial charge in [0.2, 0.25) is 0 Å². The van der Waals surface area contributed by atoms with Gasteiger partial charge in [-0.15, -0.1) is 0 Å². The minimum absolute atomic E-state index is 0.164. The number of hydrogen-bond donors (Lipinski definition) is 1. The zero-order chi connectivity index (χ0) is 8.48. The van der Waals surface area contributed by atoms with E-state index in [0.717, 1.165) is 12.8 Å². The van der Waals surface area contributed by atoms with Gasteiger partial charge in [-0.1, -0.05) is 0 Å². The van der Waals surface area contributed by atoms with Crippen LogP contribution in [0.15, 0.2) is 11.3 Å². The topological polar surface area (TPSA) is 20.2 Å². The van der Waals surface area contributed by atoms with E-state index in [1.807, 2.05) is 0 Å². The molecule has 1 N–H and O–H groups in total. The van der Waals surface area contributed by atoms with Crippen LogP contribution in [-0.4, -0.2) is 11.3 Å². The lowest BCUT2D eigenvalue weighted by molar-refractivity contribution is -0.122. The molecule has 0 aliphatic heterocycles. The maximum atomic E-state index is 11.8. The smallest absolute Gasteiger partial charge is 0.448 e. The first-order valence-corrected chi connectivity index (χ1v) is 3.50. The Morgan fingerprint density at radius 3 is 2.00 bits per heavy atom. The molecule has 1 saturated carbocycles. The number of hydrogen-bond acceptors (Lipinski definition) is 1. The lowest BCUT2D eigenvalue weighted by Crippen LogP contribution is -2.13. The third-order valence-corrected chi connectivity index (χ3v) is 1.81. The van der Waals surface area contributed by atoms with E-state index in [2.05, 4.69) is 0 Å². The molecule has 11 heavy (non-hydrogen) atoms. The van der Waals surface area contributed by atoms with Crippen LogP contribution >= 0.6 is 0 Å². The summed E-state index contributed by atoms with van der Waals surface area (Å²) < 4.78 is 35.4. The molecular formula is C7H9F3O. The molecule has 0 spiro atoms. The van der Waals surface area contributed by atoms with Crippen molar-refractivity contribution in [2.45, 2.75) is 31.9 Å². The monoisotopic (exact) mass is 166 g/mol. The zero-order valence-electron chi connectivity index (χ0n) is 5.91. The molecule has 1 fully saturated rings. The molecule has 0 saturated heterocycles. The van der Waals surface area contributed by atoms with E-state index >= 15 is 0 Å². The third-order valence-electron chi connectivity index (χ3n) is 1.81. The number of halogens is 3. The molecule has 0 aromatic heterocycles. The van der Waals surface area contributed by atoms with Gasteiger partial charge in [0.05, 0.1) is 0 Å². The molecule has 1 rings (SSSR count). The van der Waals surface area contributed by atoms with Crippen molar-refractivity contribution >= 4 is 0 Å². The molecule has 0 aromatic rings. The van der Waals surface area contributed by atoms with Crippen LogP contribution in [0.5, 0.6) is 0 Å². The van der Waals surface area contributed by atoms with Gasteiger partial charge < -0.3 is 5.11 Å². The van der Waals surface area contributed by atoms with Crippen molar-refractivity contribution in [1.29, 1.82) is 0 Å². The minimum Gasteiger partial charge on any atom is -0.504 e. The fourth-order valence-electron chi connectivity index (χ4n) is 1.24. The zero-order valence-corrected chi connectivity index (χ0v) is 5.91. The van der Waals surface area contributed by atoms with Crippen molar-refractivity contribution in [2.75, 3.05) is 0 Å². The van der Waals surface area contributed by atoms with Gasteiger partial charge in [-0.3, -0.25) is 0 Å². The molecule has 0 atom stereocenters. The molecule has 64 valence electrons. The Balaban J connectivity index is 2.77. The molecule has 1 nitrogen and oxygen atoms in total. The van der Waals surface area contributed by atoms with Crippen LogP contribution < -0.4 is 0 Å². The number of rotatable bonds is 0. The van der Waals surface area contributed by atoms with Crippen LogP contribution in [0, 0.1) is 0 Å². The van der Waals surface area contributed by atoms with E-state index in [1.165, 1.54) is 0 Å². The summed E-state index contributed by atoms with van der Waals surface area (Å²) in [6.45, 7) is 0. The van der Waals surface area contributed by atoms with E-state index in [1.54, 1.807) is 0 Å². The van der Waals surface area contributed by atoms with Gasteiger partial charge in [0.25, 0.3) is 0 Å². The molecule has 0 aromatic carbocycles. The lowest BCUT2D eigenvalue weighted by atomic mass is 10.2. The normalized spacial score (nSPS) is 19.0. The molecule has 1 aliphatic carbocycles. The van der Waals surface area contributed by atoms with Crippen LogP contribution in [0.3, 0.4) is 0 Å². The van der Waals surface area contributed by atoms with Crippen molar-refractivity contribution in [2.24, 2.45) is 0 Å². The summed E-state index contributed by atoms with van der Waals surface area (Å²) in [5, 5.41) is 8.64. The standard InChI is InChI=1S/C7H9F3O/c8-7(9,10)6(11)5-3-1-2-4-5/h11H,1-4H2. The van der Waals surface area contributed by atoms with Gasteiger partial charge >= 0.3 is 6.18 Å². The Morgan fingerprint density at radius 1 is 1.18 bits per heavy atom. The lowest BCUT2D eigenvalue weighted by Gasteiger charge is -2.07. The maximum absolute atomic E-state index is 11.8. The predicted molar refractivity (Wildman–Crippen MR) is 34.2 cm³/mol. The van der Waals surface area contributed by atoms with Crippen LogP contribution in [0.25, 0.3) is 0 Å². The second-order valence-corrected chi connectivity index (χ2v) is 2.66. The summed E-state index contributed by atoms with van der Waals surface area (Å²) >= 11 is 0. The Bertz CT molecular complexity index is 173. The van der Waals surface area contributed by atoms with Gasteiger partial charge in [-0.25, -0.2) is 0 Å². The molecule has 0 heterocycles. The summed E-state index contributed by atoms with van der Waals surface area (Å²) in [7, 11) is 0. The Morgan fingerprint density at radius 2 is 1.64 bits per heavy atom. The number of alkyl halides is 3. The van der Waals surface area contributed by atoms with E-state index in [4.69, 9.17) is 5.11 Å². The first kappa shape index (κ1) is 8.43. The Kier molecular flexibility index (Phi) is 2.11. The van der Waals surface area contributed by atoms with E-state index in [0.29, 0.717) is 12.8 Å². The summed E-state index contributed by atoms with van der Waals surface area (Å²) in [5.41, 5.74) is 0.164. The third kappa shape index (κ3) is 1.88. The van der Waals surface area contributed by atoms with Gasteiger partial charge in [0.15, 0.2) is 5.76 Å². The number of aliphatic hydroxyl groups excluding tert-OH is 1. The second kappa shape index (κ2) is 2.75. The highest BCUT2D eigenvalue weighted by molar-refractivity contribution is 5.14. The van der Waals surface area contributed by atoms with Crippen LogP contribution in [0.1, 0.15) is 25.7 Å². The molecule has 4 heteroatoms. The van der Waals surface area contributed by atoms with Crippen molar-refractivity contribution in [3.63, 3.8) is 0 Å². The number of aliphatic hydroxyl groups is 1. The molecule has 0 radical (unpaired) electrons. The summed E-state index contributed by atoms with van der Waals surface area (Å²) in [6.07, 6.45) is -2.23.